The minimum Gasteiger partial charge on any atom is -0.381 e. The van der Waals surface area contributed by atoms with E-state index in [0.717, 1.165) is 36.9 Å². The molecule has 0 aromatic carbocycles. The van der Waals surface area contributed by atoms with E-state index in [-0.39, 0.29) is 11.5 Å². The molecule has 8 heteroatoms. The fourth-order valence-corrected chi connectivity index (χ4v) is 3.39. The van der Waals surface area contributed by atoms with Crippen LogP contribution in [0.4, 0.5) is 0 Å². The Morgan fingerprint density at radius 2 is 1.83 bits per heavy atom. The second kappa shape index (κ2) is 8.11. The monoisotopic (exact) mass is 345 g/mol. The molecule has 0 aliphatic heterocycles. The summed E-state index contributed by atoms with van der Waals surface area (Å²) in [6.45, 7) is 1.49. The number of hydrogen-bond donors (Lipinski definition) is 0. The van der Waals surface area contributed by atoms with Gasteiger partial charge < -0.3 is 4.84 Å². The number of aryl methyl sites for hydroxylation is 1. The predicted octanol–water partition coefficient (Wildman–Crippen LogP) is 3.01. The second-order valence-corrected chi connectivity index (χ2v) is 7.50. The van der Waals surface area contributed by atoms with E-state index in [1.54, 1.807) is 0 Å². The van der Waals surface area contributed by atoms with Crippen LogP contribution in [-0.2, 0) is 18.1 Å². The summed E-state index contributed by atoms with van der Waals surface area (Å²) in [6.07, 6.45) is 5.57. The summed E-state index contributed by atoms with van der Waals surface area (Å²) in [5, 5.41) is 0. The maximum Gasteiger partial charge on any atom is 0.477 e. The SMILES string of the molecule is COP(=O)(OC)OCOn1c(C2CCCCC2)cc(C)cc1=O. The van der Waals surface area contributed by atoms with Crippen LogP contribution in [0, 0.1) is 6.92 Å². The Balaban J connectivity index is 2.17. The standard InChI is InChI=1S/C15H24NO6P/c1-12-9-14(13-7-5-4-6-8-13)16(15(17)10-12)21-11-22-23(18,19-2)20-3/h9-10,13H,4-8,11H2,1-3H3. The third-order valence-corrected chi connectivity index (χ3v) is 5.34. The molecule has 0 atom stereocenters. The summed E-state index contributed by atoms with van der Waals surface area (Å²) in [4.78, 5) is 17.7. The molecule has 1 heterocycles. The predicted molar refractivity (Wildman–Crippen MR) is 85.4 cm³/mol. The summed E-state index contributed by atoms with van der Waals surface area (Å²) >= 11 is 0. The van der Waals surface area contributed by atoms with Crippen LogP contribution in [0.2, 0.25) is 0 Å². The minimum atomic E-state index is -3.63. The molecule has 1 aromatic heterocycles. The van der Waals surface area contributed by atoms with E-state index in [1.807, 2.05) is 13.0 Å². The Bertz CT molecular complexity index is 615. The third kappa shape index (κ3) is 4.67. The van der Waals surface area contributed by atoms with Crippen LogP contribution in [0.3, 0.4) is 0 Å². The van der Waals surface area contributed by atoms with Gasteiger partial charge >= 0.3 is 7.82 Å². The zero-order chi connectivity index (χ0) is 16.9. The van der Waals surface area contributed by atoms with E-state index >= 15 is 0 Å². The smallest absolute Gasteiger partial charge is 0.381 e. The molecule has 0 bridgehead atoms. The summed E-state index contributed by atoms with van der Waals surface area (Å²) < 4.78 is 27.4. The Kier molecular flexibility index (Phi) is 6.41. The molecule has 1 saturated carbocycles. The maximum atomic E-state index is 12.2. The molecule has 0 amide bonds. The van der Waals surface area contributed by atoms with Gasteiger partial charge in [-0.25, -0.2) is 9.09 Å². The molecular weight excluding hydrogens is 321 g/mol. The quantitative estimate of drug-likeness (QED) is 0.558. The highest BCUT2D eigenvalue weighted by molar-refractivity contribution is 7.48. The van der Waals surface area contributed by atoms with Gasteiger partial charge in [0.05, 0.1) is 5.69 Å². The number of phosphoric ester groups is 1. The average molecular weight is 345 g/mol. The minimum absolute atomic E-state index is 0.265. The zero-order valence-corrected chi connectivity index (χ0v) is 14.7. The number of pyridine rings is 1. The molecule has 0 unspecified atom stereocenters. The van der Waals surface area contributed by atoms with Crippen molar-refractivity contribution in [3.8, 4) is 0 Å². The highest BCUT2D eigenvalue weighted by Gasteiger charge is 2.24. The van der Waals surface area contributed by atoms with Crippen molar-refractivity contribution in [2.75, 3.05) is 21.0 Å². The lowest BCUT2D eigenvalue weighted by Gasteiger charge is -2.25. The van der Waals surface area contributed by atoms with Gasteiger partial charge in [0.25, 0.3) is 5.56 Å². The molecule has 0 N–H and O–H groups in total. The molecule has 1 aliphatic carbocycles. The van der Waals surface area contributed by atoms with Crippen molar-refractivity contribution >= 4 is 7.82 Å². The lowest BCUT2D eigenvalue weighted by Crippen LogP contribution is -2.32. The van der Waals surface area contributed by atoms with Gasteiger partial charge in [0, 0.05) is 26.2 Å². The van der Waals surface area contributed by atoms with Crippen molar-refractivity contribution in [1.29, 1.82) is 0 Å². The first-order valence-corrected chi connectivity index (χ1v) is 9.18. The number of aromatic nitrogens is 1. The van der Waals surface area contributed by atoms with Gasteiger partial charge in [0.2, 0.25) is 6.79 Å². The Hall–Kier alpha value is -1.14. The first-order valence-electron chi connectivity index (χ1n) is 7.72. The summed E-state index contributed by atoms with van der Waals surface area (Å²) in [5.41, 5.74) is 1.47. The van der Waals surface area contributed by atoms with Gasteiger partial charge in [-0.05, 0) is 31.4 Å². The Labute approximate surface area is 136 Å². The van der Waals surface area contributed by atoms with Gasteiger partial charge in [0.15, 0.2) is 0 Å². The largest absolute Gasteiger partial charge is 0.477 e. The first-order chi connectivity index (χ1) is 11.0. The summed E-state index contributed by atoms with van der Waals surface area (Å²) in [6, 6.07) is 3.46. The molecule has 23 heavy (non-hydrogen) atoms. The van der Waals surface area contributed by atoms with Crippen LogP contribution in [0.5, 0.6) is 0 Å². The molecule has 1 aliphatic rings. The second-order valence-electron chi connectivity index (χ2n) is 5.61. The van der Waals surface area contributed by atoms with E-state index in [1.165, 1.54) is 31.4 Å². The molecule has 0 spiro atoms. The van der Waals surface area contributed by atoms with Crippen LogP contribution in [0.15, 0.2) is 16.9 Å². The molecule has 0 saturated heterocycles. The topological polar surface area (TPSA) is 76.0 Å². The van der Waals surface area contributed by atoms with E-state index in [4.69, 9.17) is 9.36 Å². The average Bonchev–Trinajstić information content (AvgIpc) is 2.57. The van der Waals surface area contributed by atoms with E-state index in [0.29, 0.717) is 0 Å². The van der Waals surface area contributed by atoms with Crippen molar-refractivity contribution in [3.63, 3.8) is 0 Å². The molecule has 2 rings (SSSR count). The van der Waals surface area contributed by atoms with Crippen LogP contribution in [0.1, 0.15) is 49.3 Å². The van der Waals surface area contributed by atoms with Gasteiger partial charge in [0.1, 0.15) is 0 Å². The molecule has 1 fully saturated rings. The van der Waals surface area contributed by atoms with Crippen LogP contribution < -0.4 is 10.4 Å². The van der Waals surface area contributed by atoms with Crippen molar-refractivity contribution in [3.05, 3.63) is 33.7 Å². The molecule has 1 aromatic rings. The lowest BCUT2D eigenvalue weighted by atomic mass is 9.86. The van der Waals surface area contributed by atoms with Crippen molar-refractivity contribution in [2.45, 2.75) is 44.9 Å². The van der Waals surface area contributed by atoms with Crippen LogP contribution >= 0.6 is 7.82 Å². The number of rotatable bonds is 7. The van der Waals surface area contributed by atoms with E-state index in [9.17, 15) is 9.36 Å². The molecule has 7 nitrogen and oxygen atoms in total. The van der Waals surface area contributed by atoms with E-state index < -0.39 is 14.6 Å². The highest BCUT2D eigenvalue weighted by atomic mass is 31.2. The number of hydrogen-bond acceptors (Lipinski definition) is 6. The summed E-state index contributed by atoms with van der Waals surface area (Å²) in [7, 11) is -1.19. The maximum absolute atomic E-state index is 12.2. The van der Waals surface area contributed by atoms with Crippen LogP contribution in [0.25, 0.3) is 0 Å². The first kappa shape index (κ1) is 18.2. The zero-order valence-electron chi connectivity index (χ0n) is 13.8. The Morgan fingerprint density at radius 1 is 1.17 bits per heavy atom. The van der Waals surface area contributed by atoms with Crippen molar-refractivity contribution in [2.24, 2.45) is 0 Å². The van der Waals surface area contributed by atoms with Gasteiger partial charge in [-0.15, -0.1) is 4.73 Å². The molecule has 0 radical (unpaired) electrons. The summed E-state index contributed by atoms with van der Waals surface area (Å²) in [5.74, 6) is 0.285. The van der Waals surface area contributed by atoms with Crippen molar-refractivity contribution in [1.82, 2.24) is 4.73 Å². The highest BCUT2D eigenvalue weighted by Crippen LogP contribution is 2.47. The number of nitrogens with zero attached hydrogens (tertiary/aromatic N) is 1. The van der Waals surface area contributed by atoms with Crippen LogP contribution in [-0.4, -0.2) is 25.7 Å². The fourth-order valence-electron chi connectivity index (χ4n) is 2.86. The van der Waals surface area contributed by atoms with Gasteiger partial charge in [-0.3, -0.25) is 13.8 Å². The molecule has 130 valence electrons. The lowest BCUT2D eigenvalue weighted by molar-refractivity contribution is -0.0253. The third-order valence-electron chi connectivity index (χ3n) is 4.02. The normalized spacial score (nSPS) is 16.5. The molecular formula is C15H24NO6P. The van der Waals surface area contributed by atoms with Crippen molar-refractivity contribution < 1.29 is 23.0 Å². The number of phosphoric acid groups is 1. The van der Waals surface area contributed by atoms with E-state index in [2.05, 4.69) is 9.05 Å². The van der Waals surface area contributed by atoms with Gasteiger partial charge in [-0.2, -0.15) is 0 Å². The van der Waals surface area contributed by atoms with Gasteiger partial charge in [-0.1, -0.05) is 19.3 Å². The fraction of sp³-hybridized carbons (Fsp3) is 0.667. The Morgan fingerprint density at radius 3 is 2.43 bits per heavy atom.